The van der Waals surface area contributed by atoms with Gasteiger partial charge in [0.1, 0.15) is 5.75 Å². The van der Waals surface area contributed by atoms with Crippen molar-refractivity contribution in [3.8, 4) is 17.1 Å². The number of ether oxygens (including phenoxy) is 1. The van der Waals surface area contributed by atoms with Crippen LogP contribution in [0.3, 0.4) is 0 Å². The molecular weight excluding hydrogens is 258 g/mol. The zero-order valence-corrected chi connectivity index (χ0v) is 12.0. The number of nitrogens with zero attached hydrogens (tertiary/aromatic N) is 1. The van der Waals surface area contributed by atoms with Crippen molar-refractivity contribution in [3.05, 3.63) is 34.5 Å². The highest BCUT2D eigenvalue weighted by Crippen LogP contribution is 2.37. The molecule has 20 heavy (non-hydrogen) atoms. The summed E-state index contributed by atoms with van der Waals surface area (Å²) in [6, 6.07) is 3.92. The first-order chi connectivity index (χ1) is 9.43. The second kappa shape index (κ2) is 5.36. The van der Waals surface area contributed by atoms with Gasteiger partial charge in [-0.2, -0.15) is 0 Å². The Morgan fingerprint density at radius 3 is 2.65 bits per heavy atom. The van der Waals surface area contributed by atoms with Gasteiger partial charge in [-0.3, -0.25) is 4.79 Å². The Morgan fingerprint density at radius 1 is 1.35 bits per heavy atom. The quantitative estimate of drug-likeness (QED) is 0.928. The van der Waals surface area contributed by atoms with Crippen LogP contribution in [0.2, 0.25) is 0 Å². The van der Waals surface area contributed by atoms with Crippen molar-refractivity contribution in [2.45, 2.75) is 27.2 Å². The van der Waals surface area contributed by atoms with E-state index in [9.17, 15) is 4.79 Å². The van der Waals surface area contributed by atoms with E-state index in [1.807, 2.05) is 26.0 Å². The van der Waals surface area contributed by atoms with Crippen LogP contribution in [-0.4, -0.2) is 23.3 Å². The molecule has 1 aromatic carbocycles. The number of carbonyl (C=O) groups is 1. The molecule has 0 aliphatic carbocycles. The van der Waals surface area contributed by atoms with Crippen LogP contribution in [0.5, 0.6) is 5.75 Å². The highest BCUT2D eigenvalue weighted by Gasteiger charge is 2.21. The lowest BCUT2D eigenvalue weighted by Crippen LogP contribution is -2.02. The Balaban J connectivity index is 2.65. The molecule has 0 saturated carbocycles. The van der Waals surface area contributed by atoms with Gasteiger partial charge in [0.15, 0.2) is 5.76 Å². The molecule has 0 aliphatic rings. The van der Waals surface area contributed by atoms with Crippen LogP contribution in [0.1, 0.15) is 22.4 Å². The molecule has 0 fully saturated rings. The Bertz CT molecular complexity index is 658. The Kier molecular flexibility index (Phi) is 3.79. The molecule has 1 N–H and O–H groups in total. The van der Waals surface area contributed by atoms with Gasteiger partial charge in [-0.1, -0.05) is 11.2 Å². The van der Waals surface area contributed by atoms with Crippen molar-refractivity contribution in [1.29, 1.82) is 0 Å². The summed E-state index contributed by atoms with van der Waals surface area (Å²) in [5.74, 6) is 0.229. The minimum Gasteiger partial charge on any atom is -0.496 e. The lowest BCUT2D eigenvalue weighted by Gasteiger charge is -2.11. The van der Waals surface area contributed by atoms with E-state index >= 15 is 0 Å². The van der Waals surface area contributed by atoms with Crippen LogP contribution in [0.4, 0.5) is 0 Å². The van der Waals surface area contributed by atoms with Crippen molar-refractivity contribution in [2.24, 2.45) is 0 Å². The van der Waals surface area contributed by atoms with Gasteiger partial charge in [0.2, 0.25) is 0 Å². The zero-order valence-electron chi connectivity index (χ0n) is 12.0. The number of rotatable bonds is 4. The van der Waals surface area contributed by atoms with Crippen LogP contribution in [-0.2, 0) is 11.2 Å². The monoisotopic (exact) mass is 275 g/mol. The summed E-state index contributed by atoms with van der Waals surface area (Å²) in [6.07, 6.45) is -0.124. The molecule has 2 aromatic rings. The first-order valence-corrected chi connectivity index (χ1v) is 6.26. The molecule has 0 saturated heterocycles. The van der Waals surface area contributed by atoms with E-state index < -0.39 is 5.97 Å². The van der Waals surface area contributed by atoms with Gasteiger partial charge in [0, 0.05) is 5.56 Å². The normalized spacial score (nSPS) is 10.6. The zero-order chi connectivity index (χ0) is 14.9. The molecule has 0 amide bonds. The summed E-state index contributed by atoms with van der Waals surface area (Å²) >= 11 is 0. The minimum absolute atomic E-state index is 0.124. The topological polar surface area (TPSA) is 72.6 Å². The van der Waals surface area contributed by atoms with E-state index in [0.717, 1.165) is 16.7 Å². The third-order valence-corrected chi connectivity index (χ3v) is 3.18. The molecule has 106 valence electrons. The second-order valence-electron chi connectivity index (χ2n) is 4.81. The Hall–Kier alpha value is -2.30. The van der Waals surface area contributed by atoms with E-state index in [4.69, 9.17) is 14.4 Å². The highest BCUT2D eigenvalue weighted by atomic mass is 16.5. The lowest BCUT2D eigenvalue weighted by atomic mass is 9.99. The maximum atomic E-state index is 11.0. The average molecular weight is 275 g/mol. The molecule has 5 nitrogen and oxygen atoms in total. The number of aromatic nitrogens is 1. The van der Waals surface area contributed by atoms with Gasteiger partial charge < -0.3 is 14.4 Å². The van der Waals surface area contributed by atoms with Crippen LogP contribution in [0.25, 0.3) is 11.3 Å². The maximum absolute atomic E-state index is 11.0. The average Bonchev–Trinajstić information content (AvgIpc) is 2.69. The molecule has 1 aromatic heterocycles. The molecule has 0 atom stereocenters. The van der Waals surface area contributed by atoms with Crippen molar-refractivity contribution in [3.63, 3.8) is 0 Å². The fourth-order valence-electron chi connectivity index (χ4n) is 2.35. The molecule has 1 heterocycles. The van der Waals surface area contributed by atoms with Crippen LogP contribution in [0.15, 0.2) is 16.7 Å². The third-order valence-electron chi connectivity index (χ3n) is 3.18. The number of carboxylic acid groups (broad SMARTS) is 1. The molecule has 0 radical (unpaired) electrons. The van der Waals surface area contributed by atoms with Gasteiger partial charge in [0.05, 0.1) is 24.8 Å². The van der Waals surface area contributed by atoms with Crippen molar-refractivity contribution in [1.82, 2.24) is 5.16 Å². The molecule has 0 unspecified atom stereocenters. The smallest absolute Gasteiger partial charge is 0.308 e. The summed E-state index contributed by atoms with van der Waals surface area (Å²) in [6.45, 7) is 5.64. The van der Waals surface area contributed by atoms with Crippen LogP contribution >= 0.6 is 0 Å². The number of hydrogen-bond acceptors (Lipinski definition) is 4. The SMILES string of the molecule is COc1c(C)cc(C)cc1-c1onc(C)c1CC(=O)O. The van der Waals surface area contributed by atoms with Gasteiger partial charge in [0.25, 0.3) is 0 Å². The third kappa shape index (κ3) is 2.52. The largest absolute Gasteiger partial charge is 0.496 e. The van der Waals surface area contributed by atoms with Crippen LogP contribution in [0, 0.1) is 20.8 Å². The van der Waals surface area contributed by atoms with E-state index in [2.05, 4.69) is 5.16 Å². The first-order valence-electron chi connectivity index (χ1n) is 6.26. The molecule has 2 rings (SSSR count). The van der Waals surface area contributed by atoms with Crippen molar-refractivity contribution >= 4 is 5.97 Å². The van der Waals surface area contributed by atoms with Gasteiger partial charge >= 0.3 is 5.97 Å². The fourth-order valence-corrected chi connectivity index (χ4v) is 2.35. The van der Waals surface area contributed by atoms with E-state index in [-0.39, 0.29) is 6.42 Å². The highest BCUT2D eigenvalue weighted by molar-refractivity contribution is 5.78. The summed E-state index contributed by atoms with van der Waals surface area (Å²) in [7, 11) is 1.58. The van der Waals surface area contributed by atoms with E-state index in [1.54, 1.807) is 14.0 Å². The Labute approximate surface area is 117 Å². The van der Waals surface area contributed by atoms with Crippen molar-refractivity contribution < 1.29 is 19.2 Å². The van der Waals surface area contributed by atoms with E-state index in [0.29, 0.717) is 22.8 Å². The summed E-state index contributed by atoms with van der Waals surface area (Å²) in [4.78, 5) is 11.0. The van der Waals surface area contributed by atoms with E-state index in [1.165, 1.54) is 0 Å². The molecule has 0 spiro atoms. The first kappa shape index (κ1) is 14.1. The second-order valence-corrected chi connectivity index (χ2v) is 4.81. The summed E-state index contributed by atoms with van der Waals surface area (Å²) in [5, 5.41) is 12.9. The van der Waals surface area contributed by atoms with Gasteiger partial charge in [-0.05, 0) is 38.0 Å². The number of hydrogen-bond donors (Lipinski definition) is 1. The predicted octanol–water partition coefficient (Wildman–Crippen LogP) is 2.90. The standard InChI is InChI=1S/C15H17NO4/c1-8-5-9(2)14(19-4)12(6-8)15-11(7-13(17)18)10(3)16-20-15/h5-6H,7H2,1-4H3,(H,17,18). The fraction of sp³-hybridized carbons (Fsp3) is 0.333. The number of aryl methyl sites for hydroxylation is 3. The summed E-state index contributed by atoms with van der Waals surface area (Å²) < 4.78 is 10.8. The number of carboxylic acids is 1. The Morgan fingerprint density at radius 2 is 2.05 bits per heavy atom. The number of aliphatic carboxylic acids is 1. The maximum Gasteiger partial charge on any atom is 0.308 e. The molecule has 0 aliphatic heterocycles. The van der Waals surface area contributed by atoms with Gasteiger partial charge in [-0.15, -0.1) is 0 Å². The minimum atomic E-state index is -0.916. The van der Waals surface area contributed by atoms with Crippen LogP contribution < -0.4 is 4.74 Å². The lowest BCUT2D eigenvalue weighted by molar-refractivity contribution is -0.136. The molecular formula is C15H17NO4. The van der Waals surface area contributed by atoms with Crippen molar-refractivity contribution in [2.75, 3.05) is 7.11 Å². The molecule has 5 heteroatoms. The molecule has 0 bridgehead atoms. The number of methoxy groups -OCH3 is 1. The summed E-state index contributed by atoms with van der Waals surface area (Å²) in [5.41, 5.74) is 3.93. The van der Waals surface area contributed by atoms with Gasteiger partial charge in [-0.25, -0.2) is 0 Å². The predicted molar refractivity (Wildman–Crippen MR) is 74.0 cm³/mol. The number of benzene rings is 1.